The van der Waals surface area contributed by atoms with Gasteiger partial charge >= 0.3 is 0 Å². The summed E-state index contributed by atoms with van der Waals surface area (Å²) in [6.07, 6.45) is 11.6. The molecule has 0 aromatic rings. The van der Waals surface area contributed by atoms with E-state index < -0.39 is 6.10 Å². The smallest absolute Gasteiger partial charge is 0.126 e. The van der Waals surface area contributed by atoms with E-state index in [4.69, 9.17) is 4.74 Å². The highest BCUT2D eigenvalue weighted by Gasteiger charge is 2.44. The zero-order valence-electron chi connectivity index (χ0n) is 14.3. The number of aliphatic hydroxyl groups excluding tert-OH is 1. The lowest BCUT2D eigenvalue weighted by Gasteiger charge is -2.42. The molecule has 0 amide bonds. The Bertz CT molecular complexity index is 587. The molecule has 3 aliphatic rings. The number of hydrogen-bond donors (Lipinski definition) is 1. The predicted octanol–water partition coefficient (Wildman–Crippen LogP) is 4.82. The normalized spacial score (nSPS) is 29.2. The topological polar surface area (TPSA) is 29.5 Å². The van der Waals surface area contributed by atoms with E-state index in [0.717, 1.165) is 24.2 Å². The molecule has 1 N–H and O–H groups in total. The first-order valence-electron chi connectivity index (χ1n) is 8.63. The minimum Gasteiger partial charge on any atom is -0.487 e. The van der Waals surface area contributed by atoms with Crippen LogP contribution in [0.15, 0.2) is 46.3 Å². The van der Waals surface area contributed by atoms with E-state index in [9.17, 15) is 5.11 Å². The number of allylic oxidation sites excluding steroid dienone is 4. The van der Waals surface area contributed by atoms with Gasteiger partial charge in [-0.05, 0) is 63.3 Å². The van der Waals surface area contributed by atoms with Crippen LogP contribution in [0.2, 0.25) is 0 Å². The largest absolute Gasteiger partial charge is 0.487 e. The average molecular weight is 300 g/mol. The zero-order chi connectivity index (χ0) is 15.9. The first-order chi connectivity index (χ1) is 10.4. The van der Waals surface area contributed by atoms with Gasteiger partial charge in [0.25, 0.3) is 0 Å². The molecule has 0 radical (unpaired) electrons. The van der Waals surface area contributed by atoms with E-state index in [1.807, 2.05) is 6.08 Å². The molecule has 0 saturated carbocycles. The van der Waals surface area contributed by atoms with Gasteiger partial charge in [-0.1, -0.05) is 31.4 Å². The van der Waals surface area contributed by atoms with Crippen molar-refractivity contribution in [2.75, 3.05) is 0 Å². The van der Waals surface area contributed by atoms with Gasteiger partial charge in [0.1, 0.15) is 17.5 Å². The molecule has 0 bridgehead atoms. The van der Waals surface area contributed by atoms with Crippen LogP contribution < -0.4 is 0 Å². The van der Waals surface area contributed by atoms with Crippen LogP contribution in [0.4, 0.5) is 0 Å². The second-order valence-corrected chi connectivity index (χ2v) is 7.47. The molecule has 2 nitrogen and oxygen atoms in total. The summed E-state index contributed by atoms with van der Waals surface area (Å²) in [6.45, 7) is 8.73. The van der Waals surface area contributed by atoms with Crippen LogP contribution in [-0.2, 0) is 4.74 Å². The summed E-state index contributed by atoms with van der Waals surface area (Å²) in [5, 5.41) is 10.7. The molecule has 1 unspecified atom stereocenters. The maximum atomic E-state index is 10.7. The Hall–Kier alpha value is -1.28. The first-order valence-corrected chi connectivity index (χ1v) is 8.63. The molecule has 2 heteroatoms. The van der Waals surface area contributed by atoms with Crippen LogP contribution in [-0.4, -0.2) is 16.8 Å². The number of aliphatic hydroxyl groups is 1. The molecule has 3 rings (SSSR count). The summed E-state index contributed by atoms with van der Waals surface area (Å²) in [5.41, 5.74) is 4.69. The van der Waals surface area contributed by atoms with E-state index in [1.165, 1.54) is 36.0 Å². The SMILES string of the molecule is CCCCCC1=CC(O)C2=C3C=C(C)C[C@H]3C(C)(C)OC2=C1. The van der Waals surface area contributed by atoms with Gasteiger partial charge in [0.05, 0.1) is 0 Å². The number of fused-ring (bicyclic) bond motifs is 2. The van der Waals surface area contributed by atoms with Crippen LogP contribution in [0, 0.1) is 5.92 Å². The van der Waals surface area contributed by atoms with Crippen molar-refractivity contribution in [1.82, 2.24) is 0 Å². The monoisotopic (exact) mass is 300 g/mol. The van der Waals surface area contributed by atoms with E-state index in [-0.39, 0.29) is 5.60 Å². The van der Waals surface area contributed by atoms with Gasteiger partial charge in [0, 0.05) is 11.5 Å². The van der Waals surface area contributed by atoms with Crippen LogP contribution in [0.5, 0.6) is 0 Å². The van der Waals surface area contributed by atoms with Gasteiger partial charge in [-0.3, -0.25) is 0 Å². The summed E-state index contributed by atoms with van der Waals surface area (Å²) in [6, 6.07) is 0. The Balaban J connectivity index is 1.94. The number of ether oxygens (including phenoxy) is 1. The fourth-order valence-electron chi connectivity index (χ4n) is 3.96. The van der Waals surface area contributed by atoms with Crippen molar-refractivity contribution in [3.8, 4) is 0 Å². The Morgan fingerprint density at radius 2 is 2.05 bits per heavy atom. The molecular weight excluding hydrogens is 272 g/mol. The molecule has 0 saturated heterocycles. The maximum Gasteiger partial charge on any atom is 0.126 e. The Morgan fingerprint density at radius 1 is 1.27 bits per heavy atom. The van der Waals surface area contributed by atoms with Crippen molar-refractivity contribution < 1.29 is 9.84 Å². The van der Waals surface area contributed by atoms with Crippen molar-refractivity contribution in [2.24, 2.45) is 5.92 Å². The lowest BCUT2D eigenvalue weighted by molar-refractivity contribution is -0.0131. The molecule has 0 fully saturated rings. The second-order valence-electron chi connectivity index (χ2n) is 7.47. The number of unbranched alkanes of at least 4 members (excludes halogenated alkanes) is 2. The molecular formula is C20H28O2. The van der Waals surface area contributed by atoms with Crippen molar-refractivity contribution in [2.45, 2.75) is 71.5 Å². The van der Waals surface area contributed by atoms with E-state index in [2.05, 4.69) is 39.8 Å². The van der Waals surface area contributed by atoms with E-state index in [1.54, 1.807) is 0 Å². The predicted molar refractivity (Wildman–Crippen MR) is 90.4 cm³/mol. The molecule has 2 aliphatic carbocycles. The van der Waals surface area contributed by atoms with Crippen molar-refractivity contribution in [3.05, 3.63) is 46.3 Å². The first kappa shape index (κ1) is 15.6. The Labute approximate surface area is 134 Å². The van der Waals surface area contributed by atoms with Crippen molar-refractivity contribution in [1.29, 1.82) is 0 Å². The molecule has 0 aromatic carbocycles. The molecule has 0 aromatic heterocycles. The highest BCUT2D eigenvalue weighted by molar-refractivity contribution is 5.54. The molecule has 22 heavy (non-hydrogen) atoms. The van der Waals surface area contributed by atoms with Crippen molar-refractivity contribution >= 4 is 0 Å². The Kier molecular flexibility index (Phi) is 4.07. The molecule has 2 atom stereocenters. The van der Waals surface area contributed by atoms with Crippen LogP contribution in [0.3, 0.4) is 0 Å². The van der Waals surface area contributed by atoms with Crippen LogP contribution >= 0.6 is 0 Å². The Morgan fingerprint density at radius 3 is 2.77 bits per heavy atom. The van der Waals surface area contributed by atoms with Gasteiger partial charge in [0.15, 0.2) is 0 Å². The molecule has 120 valence electrons. The van der Waals surface area contributed by atoms with Gasteiger partial charge < -0.3 is 9.84 Å². The van der Waals surface area contributed by atoms with Gasteiger partial charge in [-0.15, -0.1) is 0 Å². The average Bonchev–Trinajstić information content (AvgIpc) is 2.80. The highest BCUT2D eigenvalue weighted by Crippen LogP contribution is 2.49. The van der Waals surface area contributed by atoms with Crippen molar-refractivity contribution in [3.63, 3.8) is 0 Å². The lowest BCUT2D eigenvalue weighted by atomic mass is 9.77. The molecule has 0 spiro atoms. The fourth-order valence-corrected chi connectivity index (χ4v) is 3.96. The van der Waals surface area contributed by atoms with Crippen LogP contribution in [0.1, 0.15) is 59.8 Å². The third-order valence-corrected chi connectivity index (χ3v) is 5.15. The standard InChI is InChI=1S/C20H28O2/c1-5-6-7-8-14-11-17(21)19-15-9-13(2)10-16(15)20(3,4)22-18(19)12-14/h9,11-12,16-17,21H,5-8,10H2,1-4H3/t16-,17?/m1/s1. The third kappa shape index (κ3) is 2.69. The summed E-state index contributed by atoms with van der Waals surface area (Å²) >= 11 is 0. The van der Waals surface area contributed by atoms with Gasteiger partial charge in [-0.25, -0.2) is 0 Å². The summed E-state index contributed by atoms with van der Waals surface area (Å²) in [4.78, 5) is 0. The van der Waals surface area contributed by atoms with Crippen LogP contribution in [0.25, 0.3) is 0 Å². The lowest BCUT2D eigenvalue weighted by Crippen LogP contribution is -2.40. The fraction of sp³-hybridized carbons (Fsp3) is 0.600. The second kappa shape index (κ2) is 5.73. The third-order valence-electron chi connectivity index (χ3n) is 5.15. The van der Waals surface area contributed by atoms with Gasteiger partial charge in [-0.2, -0.15) is 0 Å². The summed E-state index contributed by atoms with van der Waals surface area (Å²) in [5.74, 6) is 1.26. The minimum atomic E-state index is -0.521. The summed E-state index contributed by atoms with van der Waals surface area (Å²) in [7, 11) is 0. The maximum absolute atomic E-state index is 10.7. The van der Waals surface area contributed by atoms with E-state index in [0.29, 0.717) is 5.92 Å². The molecule has 1 aliphatic heterocycles. The van der Waals surface area contributed by atoms with Gasteiger partial charge in [0.2, 0.25) is 0 Å². The quantitative estimate of drug-likeness (QED) is 0.754. The number of hydrogen-bond acceptors (Lipinski definition) is 2. The zero-order valence-corrected chi connectivity index (χ0v) is 14.3. The molecule has 1 heterocycles. The highest BCUT2D eigenvalue weighted by atomic mass is 16.5. The summed E-state index contributed by atoms with van der Waals surface area (Å²) < 4.78 is 6.32. The minimum absolute atomic E-state index is 0.204. The van der Waals surface area contributed by atoms with E-state index >= 15 is 0 Å². The number of rotatable bonds is 4.